The molecule has 0 bridgehead atoms. The molecule has 0 saturated heterocycles. The van der Waals surface area contributed by atoms with Gasteiger partial charge in [0.15, 0.2) is 0 Å². The van der Waals surface area contributed by atoms with E-state index >= 15 is 0 Å². The Morgan fingerprint density at radius 1 is 1.03 bits per heavy atom. The Balaban J connectivity index is 1.62. The van der Waals surface area contributed by atoms with Crippen molar-refractivity contribution in [3.8, 4) is 16.9 Å². The topological polar surface area (TPSA) is 63.6 Å². The van der Waals surface area contributed by atoms with E-state index in [1.165, 1.54) is 0 Å². The van der Waals surface area contributed by atoms with Crippen LogP contribution in [0, 0.1) is 0 Å². The van der Waals surface area contributed by atoms with Crippen LogP contribution in [0.5, 0.6) is 0 Å². The lowest BCUT2D eigenvalue weighted by Gasteiger charge is -2.21. The third-order valence-electron chi connectivity index (χ3n) is 5.44. The normalized spacial score (nSPS) is 15.8. The first-order chi connectivity index (χ1) is 15.2. The lowest BCUT2D eigenvalue weighted by molar-refractivity contribution is -0.132. The van der Waals surface area contributed by atoms with Crippen LogP contribution in [0.4, 0.5) is 0 Å². The number of benzene rings is 2. The predicted molar refractivity (Wildman–Crippen MR) is 119 cm³/mol. The van der Waals surface area contributed by atoms with E-state index in [4.69, 9.17) is 9.52 Å². The molecule has 0 radical (unpaired) electrons. The smallest absolute Gasteiger partial charge is 0.242 e. The van der Waals surface area contributed by atoms with Gasteiger partial charge in [-0.05, 0) is 24.3 Å². The fourth-order valence-corrected chi connectivity index (χ4v) is 3.90. The van der Waals surface area contributed by atoms with Crippen LogP contribution in [0.15, 0.2) is 94.8 Å². The summed E-state index contributed by atoms with van der Waals surface area (Å²) in [7, 11) is 0. The predicted octanol–water partition coefficient (Wildman–Crippen LogP) is 5.22. The molecule has 31 heavy (non-hydrogen) atoms. The summed E-state index contributed by atoms with van der Waals surface area (Å²) in [5, 5.41) is 11.1. The quantitative estimate of drug-likeness (QED) is 0.453. The molecule has 4 aromatic rings. The second kappa shape index (κ2) is 8.07. The molecule has 154 valence electrons. The molecule has 0 saturated carbocycles. The van der Waals surface area contributed by atoms with Crippen molar-refractivity contribution in [2.24, 2.45) is 5.10 Å². The number of carbonyl (C=O) groups is 1. The molecular weight excluding hydrogens is 388 g/mol. The second-order valence-electron chi connectivity index (χ2n) is 7.41. The van der Waals surface area contributed by atoms with E-state index in [1.54, 1.807) is 11.3 Å². The van der Waals surface area contributed by atoms with E-state index in [0.29, 0.717) is 18.6 Å². The molecule has 6 heteroatoms. The summed E-state index contributed by atoms with van der Waals surface area (Å²) in [4.78, 5) is 12.8. The van der Waals surface area contributed by atoms with Crippen molar-refractivity contribution in [1.29, 1.82) is 0 Å². The lowest BCUT2D eigenvalue weighted by atomic mass is 9.98. The number of nitrogens with zero attached hydrogens (tertiary/aromatic N) is 4. The minimum atomic E-state index is -0.250. The molecule has 5 rings (SSSR count). The Hall–Kier alpha value is -3.93. The summed E-state index contributed by atoms with van der Waals surface area (Å²) in [6.45, 7) is 1.85. The van der Waals surface area contributed by atoms with Crippen LogP contribution in [-0.4, -0.2) is 26.4 Å². The molecular formula is C25H22N4O2. The Kier molecular flexibility index (Phi) is 4.96. The Morgan fingerprint density at radius 2 is 1.77 bits per heavy atom. The zero-order chi connectivity index (χ0) is 21.2. The van der Waals surface area contributed by atoms with Crippen molar-refractivity contribution in [1.82, 2.24) is 14.8 Å². The minimum Gasteiger partial charge on any atom is -0.463 e. The van der Waals surface area contributed by atoms with Crippen molar-refractivity contribution in [3.63, 3.8) is 0 Å². The van der Waals surface area contributed by atoms with Crippen LogP contribution < -0.4 is 0 Å². The molecule has 0 spiro atoms. The van der Waals surface area contributed by atoms with E-state index in [9.17, 15) is 4.79 Å². The number of furan rings is 1. The Bertz CT molecular complexity index is 1210. The highest BCUT2D eigenvalue weighted by Crippen LogP contribution is 2.38. The Labute approximate surface area is 180 Å². The number of amides is 1. The third kappa shape index (κ3) is 3.57. The lowest BCUT2D eigenvalue weighted by Crippen LogP contribution is -2.26. The molecule has 2 aromatic heterocycles. The average molecular weight is 410 g/mol. The van der Waals surface area contributed by atoms with Gasteiger partial charge in [0.25, 0.3) is 0 Å². The summed E-state index contributed by atoms with van der Waals surface area (Å²) in [6.07, 6.45) is 4.58. The summed E-state index contributed by atoms with van der Waals surface area (Å²) in [5.41, 5.74) is 4.54. The summed E-state index contributed by atoms with van der Waals surface area (Å²) < 4.78 is 7.44. The fourth-order valence-electron chi connectivity index (χ4n) is 3.90. The maximum absolute atomic E-state index is 12.8. The van der Waals surface area contributed by atoms with Crippen LogP contribution in [0.1, 0.15) is 37.1 Å². The highest BCUT2D eigenvalue weighted by molar-refractivity contribution is 6.01. The van der Waals surface area contributed by atoms with Gasteiger partial charge >= 0.3 is 0 Å². The van der Waals surface area contributed by atoms with Gasteiger partial charge in [-0.2, -0.15) is 10.2 Å². The van der Waals surface area contributed by atoms with Gasteiger partial charge in [0.05, 0.1) is 23.7 Å². The monoisotopic (exact) mass is 410 g/mol. The van der Waals surface area contributed by atoms with Gasteiger partial charge < -0.3 is 4.42 Å². The fraction of sp³-hybridized carbons (Fsp3) is 0.160. The maximum atomic E-state index is 12.8. The van der Waals surface area contributed by atoms with Crippen LogP contribution in [0.25, 0.3) is 16.9 Å². The third-order valence-corrected chi connectivity index (χ3v) is 5.44. The average Bonchev–Trinajstić information content (AvgIpc) is 3.58. The van der Waals surface area contributed by atoms with Gasteiger partial charge in [-0.1, -0.05) is 55.5 Å². The molecule has 1 aliphatic rings. The standard InChI is InChI=1S/C25H22N4O2/c1-2-24(30)29-22(16-21(26-29)23-14-9-15-31-23)20-17-28(19-12-7-4-8-13-19)27-25(20)18-10-5-3-6-11-18/h3-15,17,22H,2,16H2,1H3/t22-/m1/s1. The summed E-state index contributed by atoms with van der Waals surface area (Å²) >= 11 is 0. The number of hydrogen-bond donors (Lipinski definition) is 0. The molecule has 1 atom stereocenters. The Morgan fingerprint density at radius 3 is 2.45 bits per heavy atom. The zero-order valence-corrected chi connectivity index (χ0v) is 17.2. The van der Waals surface area contributed by atoms with Crippen LogP contribution in [0.2, 0.25) is 0 Å². The van der Waals surface area contributed by atoms with Gasteiger partial charge in [0.1, 0.15) is 11.5 Å². The number of hydrazone groups is 1. The molecule has 6 nitrogen and oxygen atoms in total. The second-order valence-corrected chi connectivity index (χ2v) is 7.41. The van der Waals surface area contributed by atoms with Crippen molar-refractivity contribution in [2.45, 2.75) is 25.8 Å². The van der Waals surface area contributed by atoms with E-state index in [-0.39, 0.29) is 11.9 Å². The number of rotatable bonds is 5. The van der Waals surface area contributed by atoms with E-state index in [1.807, 2.05) is 90.6 Å². The first-order valence-corrected chi connectivity index (χ1v) is 10.4. The van der Waals surface area contributed by atoms with Gasteiger partial charge in [0.2, 0.25) is 5.91 Å². The molecule has 0 aliphatic carbocycles. The highest BCUT2D eigenvalue weighted by atomic mass is 16.3. The summed E-state index contributed by atoms with van der Waals surface area (Å²) in [5.74, 6) is 0.658. The van der Waals surface area contributed by atoms with Crippen LogP contribution >= 0.6 is 0 Å². The highest BCUT2D eigenvalue weighted by Gasteiger charge is 2.36. The molecule has 0 unspecified atom stereocenters. The van der Waals surface area contributed by atoms with Crippen LogP contribution in [0.3, 0.4) is 0 Å². The molecule has 0 N–H and O–H groups in total. The van der Waals surface area contributed by atoms with E-state index in [2.05, 4.69) is 5.10 Å². The molecule has 3 heterocycles. The van der Waals surface area contributed by atoms with Crippen molar-refractivity contribution >= 4 is 11.6 Å². The maximum Gasteiger partial charge on any atom is 0.242 e. The van der Waals surface area contributed by atoms with Gasteiger partial charge in [-0.25, -0.2) is 9.69 Å². The first kappa shape index (κ1) is 19.1. The summed E-state index contributed by atoms with van der Waals surface area (Å²) in [6, 6.07) is 23.5. The number of para-hydroxylation sites is 1. The van der Waals surface area contributed by atoms with Crippen LogP contribution in [-0.2, 0) is 4.79 Å². The number of hydrogen-bond acceptors (Lipinski definition) is 4. The van der Waals surface area contributed by atoms with E-state index < -0.39 is 0 Å². The van der Waals surface area contributed by atoms with Crippen molar-refractivity contribution in [3.05, 3.63) is 96.6 Å². The van der Waals surface area contributed by atoms with Gasteiger partial charge in [-0.15, -0.1) is 0 Å². The minimum absolute atomic E-state index is 0.0296. The van der Waals surface area contributed by atoms with Gasteiger partial charge in [0, 0.05) is 30.2 Å². The largest absolute Gasteiger partial charge is 0.463 e. The zero-order valence-electron chi connectivity index (χ0n) is 17.2. The molecule has 0 fully saturated rings. The van der Waals surface area contributed by atoms with Gasteiger partial charge in [-0.3, -0.25) is 4.79 Å². The molecule has 1 aliphatic heterocycles. The first-order valence-electron chi connectivity index (χ1n) is 10.4. The molecule has 1 amide bonds. The number of aromatic nitrogens is 2. The van der Waals surface area contributed by atoms with E-state index in [0.717, 1.165) is 28.2 Å². The van der Waals surface area contributed by atoms with Crippen molar-refractivity contribution < 1.29 is 9.21 Å². The molecule has 2 aromatic carbocycles. The van der Waals surface area contributed by atoms with Crippen molar-refractivity contribution in [2.75, 3.05) is 0 Å². The number of carbonyl (C=O) groups excluding carboxylic acids is 1. The SMILES string of the molecule is CCC(=O)N1N=C(c2ccco2)C[C@@H]1c1cn(-c2ccccc2)nc1-c1ccccc1.